The summed E-state index contributed by atoms with van der Waals surface area (Å²) in [4.78, 5) is 32.1. The standard InChI is InChI=1S/C23H21ClF2N4O3/c1-3-18(32)29-7-9-30(10-8-29)23-13-11-14(24)19(20-15(25)5-4-6-16(20)33-2)21(26)22(13)28-17(31)12-27-23/h3-6,11H,1,7-10,12H2,2H3,(H,28,31). The van der Waals surface area contributed by atoms with Gasteiger partial charge in [-0.1, -0.05) is 24.2 Å². The topological polar surface area (TPSA) is 74.2 Å². The lowest BCUT2D eigenvalue weighted by Crippen LogP contribution is -2.50. The molecule has 1 N–H and O–H groups in total. The van der Waals surface area contributed by atoms with Gasteiger partial charge in [-0.3, -0.25) is 14.6 Å². The number of fused-ring (bicyclic) bond motifs is 1. The number of carbonyl (C=O) groups excluding carboxylic acids is 2. The molecule has 10 heteroatoms. The second kappa shape index (κ2) is 9.19. The Morgan fingerprint density at radius 1 is 1.24 bits per heavy atom. The van der Waals surface area contributed by atoms with E-state index < -0.39 is 17.5 Å². The first-order valence-corrected chi connectivity index (χ1v) is 10.6. The molecule has 2 aromatic rings. The second-order valence-corrected chi connectivity index (χ2v) is 7.90. The number of nitrogens with one attached hydrogen (secondary N) is 1. The lowest BCUT2D eigenvalue weighted by atomic mass is 9.98. The molecule has 33 heavy (non-hydrogen) atoms. The number of hydrogen-bond donors (Lipinski definition) is 1. The number of benzene rings is 2. The molecule has 2 amide bonds. The van der Waals surface area contributed by atoms with E-state index in [0.29, 0.717) is 32.0 Å². The van der Waals surface area contributed by atoms with Crippen molar-refractivity contribution in [3.63, 3.8) is 0 Å². The van der Waals surface area contributed by atoms with E-state index in [2.05, 4.69) is 16.9 Å². The molecule has 2 heterocycles. The number of benzodiazepines with no additional fused rings is 1. The number of nitrogens with zero attached hydrogens (tertiary/aromatic N) is 3. The average molecular weight is 475 g/mol. The second-order valence-electron chi connectivity index (χ2n) is 7.49. The number of rotatable bonds is 3. The van der Waals surface area contributed by atoms with Gasteiger partial charge in [0.25, 0.3) is 0 Å². The highest BCUT2D eigenvalue weighted by Gasteiger charge is 2.31. The van der Waals surface area contributed by atoms with Crippen LogP contribution in [0.3, 0.4) is 0 Å². The number of aliphatic imine (C=N–C) groups is 1. The van der Waals surface area contributed by atoms with Crippen LogP contribution in [0.1, 0.15) is 5.56 Å². The lowest BCUT2D eigenvalue weighted by Gasteiger charge is -2.36. The van der Waals surface area contributed by atoms with Gasteiger partial charge in [0, 0.05) is 37.3 Å². The van der Waals surface area contributed by atoms with Crippen molar-refractivity contribution in [1.82, 2.24) is 9.80 Å². The van der Waals surface area contributed by atoms with Crippen LogP contribution < -0.4 is 10.1 Å². The van der Waals surface area contributed by atoms with Gasteiger partial charge in [-0.25, -0.2) is 8.78 Å². The summed E-state index contributed by atoms with van der Waals surface area (Å²) in [6.45, 7) is 4.97. The highest BCUT2D eigenvalue weighted by Crippen LogP contribution is 2.43. The van der Waals surface area contributed by atoms with E-state index in [1.807, 2.05) is 4.90 Å². The molecule has 7 nitrogen and oxygen atoms in total. The number of ether oxygens (including phenoxy) is 1. The minimum absolute atomic E-state index is 0.0565. The molecule has 0 bridgehead atoms. The Kier molecular flexibility index (Phi) is 6.33. The predicted molar refractivity (Wildman–Crippen MR) is 122 cm³/mol. The van der Waals surface area contributed by atoms with Gasteiger partial charge < -0.3 is 19.9 Å². The number of halogens is 3. The Labute approximate surface area is 194 Å². The highest BCUT2D eigenvalue weighted by atomic mass is 35.5. The van der Waals surface area contributed by atoms with E-state index in [1.54, 1.807) is 4.90 Å². The molecule has 1 saturated heterocycles. The quantitative estimate of drug-likeness (QED) is 0.693. The van der Waals surface area contributed by atoms with Crippen molar-refractivity contribution in [2.24, 2.45) is 4.99 Å². The van der Waals surface area contributed by atoms with Gasteiger partial charge in [-0.15, -0.1) is 0 Å². The van der Waals surface area contributed by atoms with Gasteiger partial charge in [-0.2, -0.15) is 0 Å². The first-order chi connectivity index (χ1) is 15.8. The molecule has 2 aliphatic rings. The van der Waals surface area contributed by atoms with Crippen molar-refractivity contribution in [2.75, 3.05) is 45.2 Å². The molecule has 0 aliphatic carbocycles. The molecule has 0 unspecified atom stereocenters. The summed E-state index contributed by atoms with van der Waals surface area (Å²) in [5.41, 5.74) is -0.205. The minimum Gasteiger partial charge on any atom is -0.496 e. The van der Waals surface area contributed by atoms with Crippen LogP contribution in [0.5, 0.6) is 5.75 Å². The summed E-state index contributed by atoms with van der Waals surface area (Å²) in [6, 6.07) is 5.58. The lowest BCUT2D eigenvalue weighted by molar-refractivity contribution is -0.127. The Bertz CT molecular complexity index is 1180. The van der Waals surface area contributed by atoms with Crippen LogP contribution in [0.25, 0.3) is 11.1 Å². The van der Waals surface area contributed by atoms with E-state index in [1.165, 1.54) is 37.5 Å². The van der Waals surface area contributed by atoms with Crippen molar-refractivity contribution in [2.45, 2.75) is 0 Å². The van der Waals surface area contributed by atoms with Crippen LogP contribution in [-0.2, 0) is 9.59 Å². The number of methoxy groups -OCH3 is 1. The fourth-order valence-electron chi connectivity index (χ4n) is 4.01. The van der Waals surface area contributed by atoms with Crippen LogP contribution in [0.4, 0.5) is 14.5 Å². The highest BCUT2D eigenvalue weighted by molar-refractivity contribution is 6.34. The SMILES string of the molecule is C=CC(=O)N1CCN(C2=NCC(=O)Nc3c2cc(Cl)c(-c2c(F)cccc2OC)c3F)CC1. The van der Waals surface area contributed by atoms with Crippen LogP contribution in [0.15, 0.2) is 41.9 Å². The van der Waals surface area contributed by atoms with Gasteiger partial charge in [0.2, 0.25) is 11.8 Å². The number of carbonyl (C=O) groups is 2. The van der Waals surface area contributed by atoms with Crippen LogP contribution in [0, 0.1) is 11.6 Å². The van der Waals surface area contributed by atoms with Crippen LogP contribution in [-0.4, -0.2) is 67.3 Å². The number of amides is 2. The van der Waals surface area contributed by atoms with Crippen LogP contribution in [0.2, 0.25) is 5.02 Å². The van der Waals surface area contributed by atoms with Gasteiger partial charge >= 0.3 is 0 Å². The summed E-state index contributed by atoms with van der Waals surface area (Å²) in [5.74, 6) is -1.81. The van der Waals surface area contributed by atoms with Gasteiger partial charge in [-0.05, 0) is 24.3 Å². The summed E-state index contributed by atoms with van der Waals surface area (Å²) in [5, 5.41) is 2.48. The van der Waals surface area contributed by atoms with E-state index >= 15 is 4.39 Å². The fourth-order valence-corrected chi connectivity index (χ4v) is 4.30. The molecule has 1 fully saturated rings. The average Bonchev–Trinajstić information content (AvgIpc) is 2.98. The zero-order valence-electron chi connectivity index (χ0n) is 17.8. The molecule has 2 aliphatic heterocycles. The number of anilines is 1. The van der Waals surface area contributed by atoms with Crippen molar-refractivity contribution in [3.8, 4) is 16.9 Å². The normalized spacial score (nSPS) is 15.9. The molecule has 0 aromatic heterocycles. The van der Waals surface area contributed by atoms with Crippen molar-refractivity contribution in [3.05, 3.63) is 59.1 Å². The minimum atomic E-state index is -0.885. The predicted octanol–water partition coefficient (Wildman–Crippen LogP) is 3.32. The molecular weight excluding hydrogens is 454 g/mol. The largest absolute Gasteiger partial charge is 0.496 e. The summed E-state index contributed by atoms with van der Waals surface area (Å²) < 4.78 is 35.8. The summed E-state index contributed by atoms with van der Waals surface area (Å²) >= 11 is 6.47. The van der Waals surface area contributed by atoms with Gasteiger partial charge in [0.05, 0.1) is 23.4 Å². The maximum absolute atomic E-state index is 15.8. The van der Waals surface area contributed by atoms with Crippen molar-refractivity contribution >= 4 is 34.9 Å². The zero-order chi connectivity index (χ0) is 23.7. The maximum Gasteiger partial charge on any atom is 0.246 e. The molecular formula is C23H21ClF2N4O3. The van der Waals surface area contributed by atoms with E-state index in [-0.39, 0.29) is 45.6 Å². The third-order valence-electron chi connectivity index (χ3n) is 5.61. The van der Waals surface area contributed by atoms with Gasteiger partial charge in [0.1, 0.15) is 23.9 Å². The molecule has 172 valence electrons. The van der Waals surface area contributed by atoms with E-state index in [4.69, 9.17) is 16.3 Å². The molecule has 0 spiro atoms. The Morgan fingerprint density at radius 2 is 1.97 bits per heavy atom. The third kappa shape index (κ3) is 4.16. The molecule has 4 rings (SSSR count). The van der Waals surface area contributed by atoms with Gasteiger partial charge in [0.15, 0.2) is 5.82 Å². The Morgan fingerprint density at radius 3 is 2.64 bits per heavy atom. The number of amidine groups is 1. The monoisotopic (exact) mass is 474 g/mol. The molecule has 2 aromatic carbocycles. The molecule has 0 radical (unpaired) electrons. The zero-order valence-corrected chi connectivity index (χ0v) is 18.6. The molecule has 0 atom stereocenters. The van der Waals surface area contributed by atoms with Crippen LogP contribution >= 0.6 is 11.6 Å². The first kappa shape index (κ1) is 22.7. The summed E-state index contributed by atoms with van der Waals surface area (Å²) in [7, 11) is 1.34. The smallest absolute Gasteiger partial charge is 0.246 e. The fraction of sp³-hybridized carbons (Fsp3) is 0.261. The first-order valence-electron chi connectivity index (χ1n) is 10.2. The van der Waals surface area contributed by atoms with E-state index in [0.717, 1.165) is 0 Å². The Balaban J connectivity index is 1.80. The Hall–Kier alpha value is -3.46. The van der Waals surface area contributed by atoms with Crippen molar-refractivity contribution in [1.29, 1.82) is 0 Å². The number of hydrogen-bond acceptors (Lipinski definition) is 5. The number of piperazine rings is 1. The maximum atomic E-state index is 15.8. The summed E-state index contributed by atoms with van der Waals surface area (Å²) in [6.07, 6.45) is 1.25. The third-order valence-corrected chi connectivity index (χ3v) is 5.90. The molecule has 0 saturated carbocycles. The van der Waals surface area contributed by atoms with E-state index in [9.17, 15) is 14.0 Å². The van der Waals surface area contributed by atoms with Crippen molar-refractivity contribution < 1.29 is 23.1 Å².